The monoisotopic (exact) mass is 238 g/mol. The van der Waals surface area contributed by atoms with Gasteiger partial charge in [0.25, 0.3) is 5.91 Å². The number of aromatic nitrogens is 4. The Labute approximate surface area is 95.0 Å². The zero-order valence-electron chi connectivity index (χ0n) is 7.94. The number of nitrogen functional groups attached to an aromatic ring is 1. The van der Waals surface area contributed by atoms with Crippen LogP contribution in [0.4, 0.5) is 11.6 Å². The lowest BCUT2D eigenvalue weighted by Crippen LogP contribution is -2.14. The van der Waals surface area contributed by atoms with Crippen LogP contribution >= 0.6 is 11.6 Å². The molecule has 2 aromatic heterocycles. The lowest BCUT2D eigenvalue weighted by molar-refractivity contribution is 0.101. The number of nitrogens with one attached hydrogen (secondary N) is 2. The Morgan fingerprint density at radius 1 is 1.56 bits per heavy atom. The van der Waals surface area contributed by atoms with Crippen molar-refractivity contribution in [2.75, 3.05) is 11.1 Å². The van der Waals surface area contributed by atoms with Crippen molar-refractivity contribution < 1.29 is 4.79 Å². The number of hydrogen-bond acceptors (Lipinski definition) is 5. The lowest BCUT2D eigenvalue weighted by atomic mass is 10.4. The molecule has 7 nitrogen and oxygen atoms in total. The molecule has 0 spiro atoms. The molecule has 0 fully saturated rings. The van der Waals surface area contributed by atoms with E-state index in [9.17, 15) is 4.79 Å². The van der Waals surface area contributed by atoms with Crippen molar-refractivity contribution in [2.24, 2.45) is 0 Å². The molecule has 0 unspecified atom stereocenters. The molecule has 0 saturated heterocycles. The first kappa shape index (κ1) is 10.4. The summed E-state index contributed by atoms with van der Waals surface area (Å²) in [5, 5.41) is 8.63. The molecule has 0 saturated carbocycles. The van der Waals surface area contributed by atoms with Crippen LogP contribution in [0.5, 0.6) is 0 Å². The van der Waals surface area contributed by atoms with Gasteiger partial charge in [-0.05, 0) is 12.1 Å². The Hall–Kier alpha value is -2.15. The number of pyridine rings is 1. The van der Waals surface area contributed by atoms with E-state index in [2.05, 4.69) is 25.5 Å². The number of carbonyl (C=O) groups is 1. The zero-order valence-corrected chi connectivity index (χ0v) is 8.69. The number of rotatable bonds is 2. The van der Waals surface area contributed by atoms with Gasteiger partial charge in [0.2, 0.25) is 11.8 Å². The van der Waals surface area contributed by atoms with Crippen LogP contribution in [0.1, 0.15) is 10.6 Å². The van der Waals surface area contributed by atoms with E-state index < -0.39 is 5.91 Å². The molecule has 16 heavy (non-hydrogen) atoms. The Bertz CT molecular complexity index is 525. The third kappa shape index (κ3) is 2.09. The van der Waals surface area contributed by atoms with E-state index in [1.165, 1.54) is 6.20 Å². The minimum atomic E-state index is -0.487. The van der Waals surface area contributed by atoms with Crippen LogP contribution in [-0.2, 0) is 0 Å². The van der Waals surface area contributed by atoms with Crippen LogP contribution < -0.4 is 11.1 Å². The normalized spacial score (nSPS) is 10.1. The number of anilines is 2. The first-order valence-corrected chi connectivity index (χ1v) is 4.64. The molecule has 0 radical (unpaired) electrons. The van der Waals surface area contributed by atoms with Gasteiger partial charge in [0.05, 0.1) is 5.69 Å². The number of H-pyrrole nitrogens is 1. The standard InChI is InChI=1S/C8H7ClN6O/c9-5-4(2-1-3-11-5)12-7(16)6-13-8(10)15-14-6/h1-3H,(H,12,16)(H3,10,13,14,15). The predicted octanol–water partition coefficient (Wildman–Crippen LogP) is 0.688. The van der Waals surface area contributed by atoms with Gasteiger partial charge in [0.1, 0.15) is 0 Å². The van der Waals surface area contributed by atoms with Gasteiger partial charge in [-0.15, -0.1) is 5.10 Å². The summed E-state index contributed by atoms with van der Waals surface area (Å²) in [6.07, 6.45) is 1.52. The average molecular weight is 239 g/mol. The molecule has 0 bridgehead atoms. The van der Waals surface area contributed by atoms with Gasteiger partial charge >= 0.3 is 0 Å². The lowest BCUT2D eigenvalue weighted by Gasteiger charge is -2.03. The van der Waals surface area contributed by atoms with Crippen molar-refractivity contribution in [2.45, 2.75) is 0 Å². The predicted molar refractivity (Wildman–Crippen MR) is 58.0 cm³/mol. The maximum Gasteiger partial charge on any atom is 0.293 e. The number of aromatic amines is 1. The van der Waals surface area contributed by atoms with Crippen molar-refractivity contribution in [1.29, 1.82) is 0 Å². The number of amides is 1. The maximum absolute atomic E-state index is 11.6. The number of hydrogen-bond donors (Lipinski definition) is 3. The Kier molecular flexibility index (Phi) is 2.69. The van der Waals surface area contributed by atoms with Gasteiger partial charge in [0.15, 0.2) is 5.15 Å². The van der Waals surface area contributed by atoms with Crippen LogP contribution in [-0.4, -0.2) is 26.1 Å². The second kappa shape index (κ2) is 4.15. The number of nitrogens with two attached hydrogens (primary N) is 1. The molecule has 2 aromatic rings. The molecule has 0 aliphatic rings. The van der Waals surface area contributed by atoms with E-state index in [1.54, 1.807) is 12.1 Å². The van der Waals surface area contributed by atoms with Crippen molar-refractivity contribution >= 4 is 29.1 Å². The molecular weight excluding hydrogens is 232 g/mol. The number of carbonyl (C=O) groups excluding carboxylic acids is 1. The van der Waals surface area contributed by atoms with Crippen LogP contribution in [0, 0.1) is 0 Å². The van der Waals surface area contributed by atoms with Gasteiger partial charge in [-0.2, -0.15) is 4.98 Å². The average Bonchev–Trinajstić information content (AvgIpc) is 2.68. The number of nitrogens with zero attached hydrogens (tertiary/aromatic N) is 3. The van der Waals surface area contributed by atoms with Crippen molar-refractivity contribution in [3.05, 3.63) is 29.3 Å². The largest absolute Gasteiger partial charge is 0.366 e. The van der Waals surface area contributed by atoms with Crippen molar-refractivity contribution in [3.8, 4) is 0 Å². The van der Waals surface area contributed by atoms with Gasteiger partial charge in [-0.1, -0.05) is 11.6 Å². The summed E-state index contributed by atoms with van der Waals surface area (Å²) in [4.78, 5) is 19.1. The van der Waals surface area contributed by atoms with Gasteiger partial charge < -0.3 is 11.1 Å². The summed E-state index contributed by atoms with van der Waals surface area (Å²) in [5.41, 5.74) is 5.66. The van der Waals surface area contributed by atoms with E-state index in [1.807, 2.05) is 0 Å². The molecule has 4 N–H and O–H groups in total. The number of halogens is 1. The fourth-order valence-electron chi connectivity index (χ4n) is 1.04. The fraction of sp³-hybridized carbons (Fsp3) is 0. The summed E-state index contributed by atoms with van der Waals surface area (Å²) in [6.45, 7) is 0. The molecule has 82 valence electrons. The van der Waals surface area contributed by atoms with Crippen molar-refractivity contribution in [3.63, 3.8) is 0 Å². The molecule has 2 heterocycles. The topological polar surface area (TPSA) is 110 Å². The molecule has 0 aliphatic heterocycles. The molecule has 2 rings (SSSR count). The fourth-order valence-corrected chi connectivity index (χ4v) is 1.20. The van der Waals surface area contributed by atoms with E-state index >= 15 is 0 Å². The van der Waals surface area contributed by atoms with E-state index in [0.717, 1.165) is 0 Å². The summed E-state index contributed by atoms with van der Waals surface area (Å²) in [5.74, 6) is -0.473. The van der Waals surface area contributed by atoms with Crippen molar-refractivity contribution in [1.82, 2.24) is 20.2 Å². The summed E-state index contributed by atoms with van der Waals surface area (Å²) in [7, 11) is 0. The third-order valence-electron chi connectivity index (χ3n) is 1.73. The minimum absolute atomic E-state index is 0.00225. The SMILES string of the molecule is Nc1n[nH]c(C(=O)Nc2cccnc2Cl)n1. The minimum Gasteiger partial charge on any atom is -0.366 e. The molecule has 0 atom stereocenters. The highest BCUT2D eigenvalue weighted by Crippen LogP contribution is 2.17. The van der Waals surface area contributed by atoms with E-state index in [-0.39, 0.29) is 16.9 Å². The summed E-state index contributed by atoms with van der Waals surface area (Å²) in [6, 6.07) is 3.27. The van der Waals surface area contributed by atoms with Gasteiger partial charge in [-0.25, -0.2) is 4.98 Å². The van der Waals surface area contributed by atoms with Crippen LogP contribution in [0.25, 0.3) is 0 Å². The van der Waals surface area contributed by atoms with E-state index in [4.69, 9.17) is 17.3 Å². The highest BCUT2D eigenvalue weighted by molar-refractivity contribution is 6.32. The van der Waals surface area contributed by atoms with Crippen LogP contribution in [0.2, 0.25) is 5.15 Å². The second-order valence-corrected chi connectivity index (χ2v) is 3.20. The summed E-state index contributed by atoms with van der Waals surface area (Å²) < 4.78 is 0. The molecule has 1 amide bonds. The Morgan fingerprint density at radius 2 is 2.38 bits per heavy atom. The molecule has 0 aromatic carbocycles. The maximum atomic E-state index is 11.6. The first-order chi connectivity index (χ1) is 7.66. The van der Waals surface area contributed by atoms with Gasteiger partial charge in [-0.3, -0.25) is 9.89 Å². The third-order valence-corrected chi connectivity index (χ3v) is 2.03. The smallest absolute Gasteiger partial charge is 0.293 e. The highest BCUT2D eigenvalue weighted by atomic mass is 35.5. The molecular formula is C8H7ClN6O. The zero-order chi connectivity index (χ0) is 11.5. The molecule has 8 heteroatoms. The Balaban J connectivity index is 2.17. The molecule has 0 aliphatic carbocycles. The first-order valence-electron chi connectivity index (χ1n) is 4.26. The second-order valence-electron chi connectivity index (χ2n) is 2.84. The Morgan fingerprint density at radius 3 is 3.00 bits per heavy atom. The van der Waals surface area contributed by atoms with Crippen LogP contribution in [0.3, 0.4) is 0 Å². The van der Waals surface area contributed by atoms with E-state index in [0.29, 0.717) is 5.69 Å². The quantitative estimate of drug-likeness (QED) is 0.667. The van der Waals surface area contributed by atoms with Crippen LogP contribution in [0.15, 0.2) is 18.3 Å². The summed E-state index contributed by atoms with van der Waals surface area (Å²) >= 11 is 5.76. The van der Waals surface area contributed by atoms with Gasteiger partial charge in [0, 0.05) is 6.20 Å². The highest BCUT2D eigenvalue weighted by Gasteiger charge is 2.12.